The Morgan fingerprint density at radius 3 is 1.10 bits per heavy atom. The van der Waals surface area contributed by atoms with Gasteiger partial charge in [0.05, 0.1) is 111 Å². The summed E-state index contributed by atoms with van der Waals surface area (Å²) in [5, 5.41) is 0. The van der Waals surface area contributed by atoms with Gasteiger partial charge in [-0.25, -0.2) is 48.8 Å². The first-order valence-electron chi connectivity index (χ1n) is 50.5. The van der Waals surface area contributed by atoms with Gasteiger partial charge in [-0.1, -0.05) is 119 Å². The topological polar surface area (TPSA) is 324 Å². The molecule has 3 amide bonds. The van der Waals surface area contributed by atoms with Gasteiger partial charge >= 0.3 is 36.4 Å². The molecule has 17 rings (SSSR count). The third-order valence-electron chi connectivity index (χ3n) is 32.0. The monoisotopic (exact) mass is 2140 g/mol. The molecular weight excluding hydrogens is 2010 g/mol. The summed E-state index contributed by atoms with van der Waals surface area (Å²) in [7, 11) is 4.55. The largest absolute Gasteiger partial charge is 0.540 e. The molecule has 22 atom stereocenters. The molecule has 5 aliphatic carbocycles. The van der Waals surface area contributed by atoms with Gasteiger partial charge in [0.2, 0.25) is 35.4 Å². The molecule has 791 valence electrons. The number of benzene rings is 3. The number of rotatable bonds is 9. The van der Waals surface area contributed by atoms with Crippen LogP contribution < -0.4 is 28.4 Å². The maximum Gasteiger partial charge on any atom is 0.389 e. The smallest absolute Gasteiger partial charge is 0.389 e. The fourth-order valence-electron chi connectivity index (χ4n) is 24.2. The number of aryl methyl sites for hydroxylation is 3. The molecule has 8 fully saturated rings. The third-order valence-corrected chi connectivity index (χ3v) is 32.0. The molecule has 145 heavy (non-hydrogen) atoms. The zero-order valence-electron chi connectivity index (χ0n) is 84.6. The predicted molar refractivity (Wildman–Crippen MR) is 502 cm³/mol. The molecule has 9 heterocycles. The van der Waals surface area contributed by atoms with E-state index in [1.54, 1.807) is 136 Å². The number of methoxy groups -OCH3 is 3. The maximum absolute atomic E-state index is 14.3. The van der Waals surface area contributed by atoms with Gasteiger partial charge in [0.25, 0.3) is 0 Å². The first-order chi connectivity index (χ1) is 67.1. The second kappa shape index (κ2) is 47.3. The number of alkyl halides is 9. The molecule has 0 spiro atoms. The SMILES string of the molecule is COc1ccc2nc3c(nc2c1)O[C@H]1CN(C(=O)[C@H](C(C)(C)C)CC(=O)O[C@@H]2CC4CC4[C@H]2CCCCC3)[C@H]([C-]=O)[C@@H]1CC(F)(F)F.COc1ccc2nc3c(nc2c1)O[C@H]1CN(C(=O)[C@H](C(C)(C)C)CC(=O)O[C@@H]2[C@H]4CC[C@H](C4)[C@H]2CCCCC3)[C@H]([C-]=O)[C@@H]1CC(F)(F)F.COc1ccc2nc3c(nc2c1)O[C@H]1CN(C(=O)[C@H](C(C)(C)C)CC(=O)O[C@]2(C)CCC[C@H]2CCCCC3)[C@H]([C-]=O)[C@@H]1CC(F)(F)F.[V].[V].[V]. The van der Waals surface area contributed by atoms with E-state index in [-0.39, 0.29) is 142 Å². The molecule has 3 aromatic carbocycles. The molecule has 6 aliphatic heterocycles. The van der Waals surface area contributed by atoms with Gasteiger partial charge in [0, 0.05) is 111 Å². The normalized spacial score (nSPS) is 30.5. The van der Waals surface area contributed by atoms with Gasteiger partial charge < -0.3 is 71.7 Å². The van der Waals surface area contributed by atoms with E-state index >= 15 is 0 Å². The van der Waals surface area contributed by atoms with Crippen molar-refractivity contribution in [3.63, 3.8) is 0 Å². The summed E-state index contributed by atoms with van der Waals surface area (Å²) in [6, 6.07) is 11.0. The Hall–Kier alpha value is -8.57. The van der Waals surface area contributed by atoms with Gasteiger partial charge in [-0.2, -0.15) is 39.5 Å². The van der Waals surface area contributed by atoms with E-state index < -0.39 is 167 Å². The first kappa shape index (κ1) is 115. The van der Waals surface area contributed by atoms with Crippen LogP contribution in [-0.4, -0.2) is 213 Å². The van der Waals surface area contributed by atoms with Crippen molar-refractivity contribution in [1.82, 2.24) is 44.6 Å². The number of carbonyl (C=O) groups is 6. The fraction of sp³-hybridized carbons (Fsp3) is 0.689. The predicted octanol–water partition coefficient (Wildman–Crippen LogP) is 19.0. The Bertz CT molecular complexity index is 5490. The molecule has 39 heteroatoms. The number of fused-ring (bicyclic) bond motifs is 21. The van der Waals surface area contributed by atoms with Crippen LogP contribution in [0.5, 0.6) is 34.9 Å². The Morgan fingerprint density at radius 1 is 0.379 bits per heavy atom. The Morgan fingerprint density at radius 2 is 0.731 bits per heavy atom. The summed E-state index contributed by atoms with van der Waals surface area (Å²) >= 11 is 0. The van der Waals surface area contributed by atoms with Crippen molar-refractivity contribution in [1.29, 1.82) is 0 Å². The zero-order valence-corrected chi connectivity index (χ0v) is 88.8. The number of hydrogen-bond acceptors (Lipinski definition) is 24. The van der Waals surface area contributed by atoms with E-state index in [9.17, 15) is 82.7 Å². The van der Waals surface area contributed by atoms with E-state index in [0.717, 1.165) is 143 Å². The first-order valence-corrected chi connectivity index (χ1v) is 50.5. The molecule has 3 aromatic heterocycles. The van der Waals surface area contributed by atoms with Gasteiger partial charge in [-0.05, 0) is 210 Å². The average Bonchev–Trinajstić information content (AvgIpc) is 1.60. The molecule has 2 unspecified atom stereocenters. The summed E-state index contributed by atoms with van der Waals surface area (Å²) in [5.74, 6) is -5.96. The number of carbonyl (C=O) groups excluding carboxylic acids is 9. The van der Waals surface area contributed by atoms with Crippen molar-refractivity contribution < 1.29 is 181 Å². The van der Waals surface area contributed by atoms with Crippen LogP contribution in [0.15, 0.2) is 54.6 Å². The van der Waals surface area contributed by atoms with Crippen LogP contribution in [0, 0.1) is 93.2 Å². The molecule has 0 N–H and O–H groups in total. The molecule has 5 saturated carbocycles. The molecule has 8 bridgehead atoms. The van der Waals surface area contributed by atoms with Crippen molar-refractivity contribution in [3.8, 4) is 34.9 Å². The Balaban J connectivity index is 0.000000192. The van der Waals surface area contributed by atoms with Gasteiger partial charge in [0.15, 0.2) is 0 Å². The van der Waals surface area contributed by atoms with Crippen LogP contribution in [0.1, 0.15) is 253 Å². The maximum atomic E-state index is 14.3. The summed E-state index contributed by atoms with van der Waals surface area (Å²) in [6.07, 6.45) is 1.88. The number of aromatic nitrogens is 6. The standard InChI is InChI=1S/C36H45F3N3O6.C35H43F3N3O6.C35H45F3N3O6.3V/c1-35(2,3)25-16-31(44)48-32-21-11-10-20(14-21)23(32)8-6-5-7-9-27-33(41-28-15-22(46-4)12-13-26(28)40-27)47-30-18-42(34(25)45)29(19-43)24(30)17-36(37,38)39;1-34(2,3)24-15-31(43)46-29-13-19-12-22(19)21(29)8-6-5-7-9-26-32(40-27-14-20(45-4)10-11-25(27)39-26)47-30-17-41(33(24)44)28(18-42)23(30)16-35(36,37)38;1-33(2,3)24-17-30(43)47-34(4)15-9-11-21(34)10-7-6-8-12-26-31(40-27-16-22(45-5)13-14-25(27)39-26)46-29-19-41(32(24)44)28(20-42)23(29)18-35(36,37)38;;;/h12-13,15,20-21,23-25,29-30,32H,5-11,14,16-18H2,1-4H3;10-11,14,19,21-24,28-30H,5-9,12-13,15-17H2,1-4H3;13-14,16,21,23-24,28-29H,6-12,15,17-19H2,1-5H3;;;/q3*-1;;;/t20-,21+,23-,24+,25-,29-,30+,32-;19?,21-,22?,23+,24-,28-,29-,30+;21-,23+,24-,28-,29+,34-;;;/m111.../s1. The molecule has 6 aromatic rings. The molecule has 3 radical (unpaired) electrons. The van der Waals surface area contributed by atoms with Crippen molar-refractivity contribution >= 4 is 87.6 Å². The summed E-state index contributed by atoms with van der Waals surface area (Å²) in [6.45, 7) is 17.2. The molecular formula is C106H133F9N9O18V3-3. The quantitative estimate of drug-likeness (QED) is 0.0562. The van der Waals surface area contributed by atoms with Crippen molar-refractivity contribution in [2.24, 2.45) is 93.2 Å². The second-order valence-electron chi connectivity index (χ2n) is 44.6. The fourth-order valence-corrected chi connectivity index (χ4v) is 24.2. The van der Waals surface area contributed by atoms with Crippen LogP contribution in [0.3, 0.4) is 0 Å². The van der Waals surface area contributed by atoms with Crippen LogP contribution in [0.2, 0.25) is 0 Å². The summed E-state index contributed by atoms with van der Waals surface area (Å²) in [4.78, 5) is 152. The number of amides is 3. The number of hydrogen-bond donors (Lipinski definition) is 0. The number of ether oxygens (including phenoxy) is 9. The van der Waals surface area contributed by atoms with Crippen LogP contribution in [-0.2, 0) is 132 Å². The molecule has 27 nitrogen and oxygen atoms in total. The average molecular weight is 2150 g/mol. The van der Waals surface area contributed by atoms with Gasteiger partial charge in [0.1, 0.15) is 70.5 Å². The second-order valence-corrected chi connectivity index (χ2v) is 44.6. The van der Waals surface area contributed by atoms with E-state index in [0.29, 0.717) is 110 Å². The van der Waals surface area contributed by atoms with Crippen LogP contribution in [0.4, 0.5) is 39.5 Å². The van der Waals surface area contributed by atoms with Gasteiger partial charge in [-0.15, -0.1) is 0 Å². The Kier molecular flexibility index (Phi) is 37.6. The third kappa shape index (κ3) is 27.4. The van der Waals surface area contributed by atoms with E-state index in [1.807, 2.05) is 6.92 Å². The van der Waals surface area contributed by atoms with Gasteiger partial charge in [-0.3, -0.25) is 28.8 Å². The van der Waals surface area contributed by atoms with Crippen LogP contribution in [0.25, 0.3) is 33.1 Å². The van der Waals surface area contributed by atoms with Crippen molar-refractivity contribution in [2.45, 2.75) is 328 Å². The minimum atomic E-state index is -4.65. The summed E-state index contributed by atoms with van der Waals surface area (Å²) in [5.41, 5.74) is 1.67. The van der Waals surface area contributed by atoms with E-state index in [1.165, 1.54) is 21.3 Å². The van der Waals surface area contributed by atoms with Crippen molar-refractivity contribution in [3.05, 3.63) is 71.7 Å². The number of esters is 3. The number of nitrogens with zero attached hydrogens (tertiary/aromatic N) is 9. The molecule has 3 saturated heterocycles. The minimum absolute atomic E-state index is 0. The minimum Gasteiger partial charge on any atom is -0.540 e. The molecule has 11 aliphatic rings. The zero-order chi connectivity index (χ0) is 102. The van der Waals surface area contributed by atoms with E-state index in [4.69, 9.17) is 62.6 Å². The number of halogens is 9. The van der Waals surface area contributed by atoms with E-state index in [2.05, 4.69) is 9.97 Å². The van der Waals surface area contributed by atoms with Crippen molar-refractivity contribution in [2.75, 3.05) is 41.0 Å². The Labute approximate surface area is 876 Å². The summed E-state index contributed by atoms with van der Waals surface area (Å²) < 4.78 is 179. The van der Waals surface area contributed by atoms with Crippen LogP contribution >= 0.6 is 0 Å².